The first-order chi connectivity index (χ1) is 7.54. The van der Waals surface area contributed by atoms with Crippen LogP contribution in [0.4, 0.5) is 0 Å². The van der Waals surface area contributed by atoms with Gasteiger partial charge >= 0.3 is 0 Å². The Morgan fingerprint density at radius 3 is 2.38 bits per heavy atom. The topological polar surface area (TPSA) is 48.8 Å². The van der Waals surface area contributed by atoms with Crippen molar-refractivity contribution >= 4 is 0 Å². The van der Waals surface area contributed by atoms with Crippen LogP contribution in [0.15, 0.2) is 30.7 Å². The maximum atomic E-state index is 5.75. The highest BCUT2D eigenvalue weighted by atomic mass is 15.4. The number of rotatable bonds is 2. The molecule has 2 heterocycles. The summed E-state index contributed by atoms with van der Waals surface area (Å²) >= 11 is 0. The Hall–Kier alpha value is -1.55. The number of hydrogen-bond acceptors (Lipinski definition) is 2. The zero-order chi connectivity index (χ0) is 11.8. The Morgan fingerprint density at radius 1 is 1.25 bits per heavy atom. The lowest BCUT2D eigenvalue weighted by atomic mass is 10.1. The maximum absolute atomic E-state index is 5.75. The first-order valence-corrected chi connectivity index (χ1v) is 5.45. The van der Waals surface area contributed by atoms with E-state index < -0.39 is 0 Å². The summed E-state index contributed by atoms with van der Waals surface area (Å²) in [5, 5.41) is 4.43. The summed E-state index contributed by atoms with van der Waals surface area (Å²) in [6.07, 6.45) is 5.87. The van der Waals surface area contributed by atoms with Crippen LogP contribution in [-0.2, 0) is 12.1 Å². The first-order valence-electron chi connectivity index (χ1n) is 5.45. The number of nitrogens with two attached hydrogens (primary N) is 1. The summed E-state index contributed by atoms with van der Waals surface area (Å²) in [4.78, 5) is 0. The van der Waals surface area contributed by atoms with Gasteiger partial charge in [-0.2, -0.15) is 5.10 Å². The zero-order valence-electron chi connectivity index (χ0n) is 10.0. The smallest absolute Gasteiger partial charge is 0.140 e. The second-order valence-corrected chi connectivity index (χ2v) is 4.87. The summed E-state index contributed by atoms with van der Waals surface area (Å²) in [6, 6.07) is 4.00. The normalized spacial score (nSPS) is 12.0. The lowest BCUT2D eigenvalue weighted by Gasteiger charge is -2.23. The van der Waals surface area contributed by atoms with E-state index in [9.17, 15) is 0 Å². The van der Waals surface area contributed by atoms with Crippen LogP contribution in [0.3, 0.4) is 0 Å². The van der Waals surface area contributed by atoms with Crippen LogP contribution >= 0.6 is 0 Å². The fraction of sp³-hybridized carbons (Fsp3) is 0.417. The van der Waals surface area contributed by atoms with Crippen LogP contribution in [0.1, 0.15) is 26.3 Å². The van der Waals surface area contributed by atoms with Gasteiger partial charge in [0.25, 0.3) is 0 Å². The summed E-state index contributed by atoms with van der Waals surface area (Å²) < 4.78 is 4.07. The zero-order valence-corrected chi connectivity index (χ0v) is 10.0. The van der Waals surface area contributed by atoms with Crippen LogP contribution < -0.4 is 5.73 Å². The molecule has 0 spiro atoms. The van der Waals surface area contributed by atoms with E-state index in [0.717, 1.165) is 11.4 Å². The minimum absolute atomic E-state index is 0.0486. The Kier molecular flexibility index (Phi) is 2.59. The molecule has 0 bridgehead atoms. The van der Waals surface area contributed by atoms with Crippen molar-refractivity contribution < 1.29 is 0 Å². The number of aromatic nitrogens is 3. The van der Waals surface area contributed by atoms with Gasteiger partial charge in [-0.25, -0.2) is 4.68 Å². The standard InChI is InChI=1S/C12H18N4/c1-12(2,3)16-11(10(8-13)9-14-16)15-6-4-5-7-15/h4-7,9H,8,13H2,1-3H3. The van der Waals surface area contributed by atoms with E-state index in [1.165, 1.54) is 0 Å². The van der Waals surface area contributed by atoms with Gasteiger partial charge in [-0.15, -0.1) is 0 Å². The maximum Gasteiger partial charge on any atom is 0.140 e. The lowest BCUT2D eigenvalue weighted by Crippen LogP contribution is -2.26. The van der Waals surface area contributed by atoms with Crippen molar-refractivity contribution in [3.63, 3.8) is 0 Å². The molecule has 2 aromatic rings. The molecule has 86 valence electrons. The third kappa shape index (κ3) is 1.76. The van der Waals surface area contributed by atoms with E-state index in [4.69, 9.17) is 5.73 Å². The van der Waals surface area contributed by atoms with Crippen molar-refractivity contribution in [2.45, 2.75) is 32.9 Å². The molecule has 0 aliphatic rings. The molecule has 2 rings (SSSR count). The van der Waals surface area contributed by atoms with E-state index in [1.54, 1.807) is 0 Å². The highest BCUT2D eigenvalue weighted by molar-refractivity contribution is 5.34. The van der Waals surface area contributed by atoms with E-state index >= 15 is 0 Å². The van der Waals surface area contributed by atoms with Crippen molar-refractivity contribution in [1.29, 1.82) is 0 Å². The van der Waals surface area contributed by atoms with Crippen LogP contribution in [0.25, 0.3) is 5.82 Å². The summed E-state index contributed by atoms with van der Waals surface area (Å²) in [5.74, 6) is 1.06. The van der Waals surface area contributed by atoms with Crippen LogP contribution in [0.2, 0.25) is 0 Å². The molecule has 0 saturated heterocycles. The average molecular weight is 218 g/mol. The highest BCUT2D eigenvalue weighted by Gasteiger charge is 2.21. The quantitative estimate of drug-likeness (QED) is 0.836. The molecule has 2 aromatic heterocycles. The SMILES string of the molecule is CC(C)(C)n1ncc(CN)c1-n1cccc1. The largest absolute Gasteiger partial charge is 0.326 e. The molecular formula is C12H18N4. The van der Waals surface area contributed by atoms with Gasteiger partial charge in [0.1, 0.15) is 5.82 Å². The molecule has 0 fully saturated rings. The number of nitrogens with zero attached hydrogens (tertiary/aromatic N) is 3. The fourth-order valence-electron chi connectivity index (χ4n) is 1.76. The Bertz CT molecular complexity index is 460. The van der Waals surface area contributed by atoms with Crippen molar-refractivity contribution in [3.05, 3.63) is 36.3 Å². The summed E-state index contributed by atoms with van der Waals surface area (Å²) in [6.45, 7) is 6.90. The van der Waals surface area contributed by atoms with Gasteiger partial charge in [0, 0.05) is 24.5 Å². The van der Waals surface area contributed by atoms with E-state index in [-0.39, 0.29) is 5.54 Å². The molecule has 0 aliphatic carbocycles. The van der Waals surface area contributed by atoms with Gasteiger partial charge < -0.3 is 10.3 Å². The molecule has 0 atom stereocenters. The summed E-state index contributed by atoms with van der Waals surface area (Å²) in [5.41, 5.74) is 6.76. The van der Waals surface area contributed by atoms with Crippen LogP contribution in [0, 0.1) is 0 Å². The molecule has 16 heavy (non-hydrogen) atoms. The molecule has 0 amide bonds. The van der Waals surface area contributed by atoms with Crippen LogP contribution in [-0.4, -0.2) is 14.3 Å². The Labute approximate surface area is 95.7 Å². The van der Waals surface area contributed by atoms with Crippen molar-refractivity contribution in [1.82, 2.24) is 14.3 Å². The molecule has 0 saturated carbocycles. The van der Waals surface area contributed by atoms with Gasteiger partial charge in [0.15, 0.2) is 0 Å². The molecule has 0 unspecified atom stereocenters. The Morgan fingerprint density at radius 2 is 1.88 bits per heavy atom. The number of hydrogen-bond donors (Lipinski definition) is 1. The average Bonchev–Trinajstić information content (AvgIpc) is 2.84. The first kappa shape index (κ1) is 11.0. The third-order valence-corrected chi connectivity index (χ3v) is 2.52. The fourth-order valence-corrected chi connectivity index (χ4v) is 1.76. The minimum Gasteiger partial charge on any atom is -0.326 e. The van der Waals surface area contributed by atoms with Crippen molar-refractivity contribution in [2.75, 3.05) is 0 Å². The molecule has 2 N–H and O–H groups in total. The third-order valence-electron chi connectivity index (χ3n) is 2.52. The molecule has 0 aliphatic heterocycles. The van der Waals surface area contributed by atoms with Gasteiger partial charge in [0.2, 0.25) is 0 Å². The minimum atomic E-state index is -0.0486. The monoisotopic (exact) mass is 218 g/mol. The lowest BCUT2D eigenvalue weighted by molar-refractivity contribution is 0.351. The predicted molar refractivity (Wildman–Crippen MR) is 64.4 cm³/mol. The van der Waals surface area contributed by atoms with E-state index in [2.05, 4.69) is 30.4 Å². The molecule has 0 radical (unpaired) electrons. The van der Waals surface area contributed by atoms with Crippen molar-refractivity contribution in [3.8, 4) is 5.82 Å². The molecule has 4 nitrogen and oxygen atoms in total. The second kappa shape index (κ2) is 3.79. The highest BCUT2D eigenvalue weighted by Crippen LogP contribution is 2.22. The molecular weight excluding hydrogens is 200 g/mol. The van der Waals surface area contributed by atoms with E-state index in [0.29, 0.717) is 6.54 Å². The van der Waals surface area contributed by atoms with Gasteiger partial charge in [-0.1, -0.05) is 0 Å². The van der Waals surface area contributed by atoms with Gasteiger partial charge in [0.05, 0.1) is 11.7 Å². The van der Waals surface area contributed by atoms with Gasteiger partial charge in [-0.05, 0) is 32.9 Å². The summed E-state index contributed by atoms with van der Waals surface area (Å²) in [7, 11) is 0. The van der Waals surface area contributed by atoms with Crippen molar-refractivity contribution in [2.24, 2.45) is 5.73 Å². The second-order valence-electron chi connectivity index (χ2n) is 4.87. The van der Waals surface area contributed by atoms with E-state index in [1.807, 2.05) is 35.4 Å². The Balaban J connectivity index is 2.61. The predicted octanol–water partition coefficient (Wildman–Crippen LogP) is 1.89. The molecule has 0 aromatic carbocycles. The van der Waals surface area contributed by atoms with Gasteiger partial charge in [-0.3, -0.25) is 0 Å². The molecule has 4 heteroatoms. The van der Waals surface area contributed by atoms with Crippen LogP contribution in [0.5, 0.6) is 0 Å².